The molecule has 0 saturated heterocycles. The van der Waals surface area contributed by atoms with Crippen molar-refractivity contribution in [3.63, 3.8) is 0 Å². The predicted octanol–water partition coefficient (Wildman–Crippen LogP) is 4.37. The number of hydrogen-bond acceptors (Lipinski definition) is 5. The quantitative estimate of drug-likeness (QED) is 0.484. The van der Waals surface area contributed by atoms with Crippen LogP contribution in [0.5, 0.6) is 0 Å². The molecule has 0 fully saturated rings. The van der Waals surface area contributed by atoms with E-state index < -0.39 is 0 Å². The Morgan fingerprint density at radius 3 is 2.94 bits per heavy atom. The summed E-state index contributed by atoms with van der Waals surface area (Å²) in [7, 11) is 1.85. The molecule has 0 spiro atoms. The second kappa shape index (κ2) is 7.78. The zero-order valence-corrected chi connectivity index (χ0v) is 18.3. The Labute approximate surface area is 184 Å². The summed E-state index contributed by atoms with van der Waals surface area (Å²) in [6, 6.07) is 4.81. The van der Waals surface area contributed by atoms with Crippen molar-refractivity contribution in [3.05, 3.63) is 59.3 Å². The lowest BCUT2D eigenvalue weighted by Gasteiger charge is -2.30. The number of fused-ring (bicyclic) bond motifs is 2. The Bertz CT molecular complexity index is 1380. The van der Waals surface area contributed by atoms with Gasteiger partial charge < -0.3 is 14.6 Å². The molecule has 1 N–H and O–H groups in total. The van der Waals surface area contributed by atoms with Crippen molar-refractivity contribution >= 4 is 39.2 Å². The number of ether oxygens (including phenoxy) is 1. The van der Waals surface area contributed by atoms with Gasteiger partial charge in [-0.2, -0.15) is 5.10 Å². The van der Waals surface area contributed by atoms with Gasteiger partial charge in [0.05, 0.1) is 23.4 Å². The number of pyridine rings is 1. The van der Waals surface area contributed by atoms with Crippen LogP contribution in [-0.4, -0.2) is 45.4 Å². The smallest absolute Gasteiger partial charge is 0.341 e. The zero-order chi connectivity index (χ0) is 22.4. The summed E-state index contributed by atoms with van der Waals surface area (Å²) < 4.78 is 20.6. The molecule has 0 bridgehead atoms. The molecule has 164 valence electrons. The van der Waals surface area contributed by atoms with Gasteiger partial charge in [-0.25, -0.2) is 14.2 Å². The highest BCUT2D eigenvalue weighted by atomic mass is 19.1. The number of carbonyl (C=O) groups is 1. The Balaban J connectivity index is 1.56. The summed E-state index contributed by atoms with van der Waals surface area (Å²) in [4.78, 5) is 22.6. The first-order valence-electron chi connectivity index (χ1n) is 10.7. The number of anilines is 1. The minimum Gasteiger partial charge on any atom is -0.462 e. The first kappa shape index (κ1) is 20.2. The molecule has 32 heavy (non-hydrogen) atoms. The number of nitrogens with zero attached hydrogens (tertiary/aromatic N) is 4. The van der Waals surface area contributed by atoms with Gasteiger partial charge in [-0.3, -0.25) is 4.68 Å². The van der Waals surface area contributed by atoms with Crippen molar-refractivity contribution in [1.29, 1.82) is 0 Å². The van der Waals surface area contributed by atoms with Gasteiger partial charge in [0.2, 0.25) is 0 Å². The molecule has 0 saturated carbocycles. The third kappa shape index (κ3) is 3.23. The number of aromatic amines is 1. The highest BCUT2D eigenvalue weighted by Crippen LogP contribution is 2.36. The predicted molar refractivity (Wildman–Crippen MR) is 122 cm³/mol. The van der Waals surface area contributed by atoms with Gasteiger partial charge in [0.15, 0.2) is 5.65 Å². The second-order valence-corrected chi connectivity index (χ2v) is 7.97. The monoisotopic (exact) mass is 433 g/mol. The molecular weight excluding hydrogens is 409 g/mol. The van der Waals surface area contributed by atoms with E-state index in [0.717, 1.165) is 51.8 Å². The largest absolute Gasteiger partial charge is 0.462 e. The van der Waals surface area contributed by atoms with Gasteiger partial charge in [-0.15, -0.1) is 0 Å². The van der Waals surface area contributed by atoms with E-state index >= 15 is 0 Å². The van der Waals surface area contributed by atoms with Crippen LogP contribution in [-0.2, 0) is 11.8 Å². The third-order valence-corrected chi connectivity index (χ3v) is 6.01. The van der Waals surface area contributed by atoms with Gasteiger partial charge in [-0.05, 0) is 44.0 Å². The molecule has 5 rings (SSSR count). The normalized spacial score (nSPS) is 14.2. The van der Waals surface area contributed by atoms with E-state index in [1.807, 2.05) is 26.2 Å². The van der Waals surface area contributed by atoms with Crippen LogP contribution in [0.15, 0.2) is 36.7 Å². The summed E-state index contributed by atoms with van der Waals surface area (Å²) in [5.74, 6) is -0.636. The minimum absolute atomic E-state index is 0.255. The Hall–Kier alpha value is -3.68. The lowest BCUT2D eigenvalue weighted by atomic mass is 9.98. The Morgan fingerprint density at radius 2 is 2.19 bits per heavy atom. The summed E-state index contributed by atoms with van der Waals surface area (Å²) in [5, 5.41) is 6.39. The number of benzene rings is 1. The van der Waals surface area contributed by atoms with Crippen molar-refractivity contribution in [2.24, 2.45) is 7.05 Å². The molecule has 4 heterocycles. The van der Waals surface area contributed by atoms with Gasteiger partial charge in [-0.1, -0.05) is 6.08 Å². The van der Waals surface area contributed by atoms with Crippen molar-refractivity contribution in [1.82, 2.24) is 19.7 Å². The molecule has 0 aliphatic carbocycles. The molecule has 0 unspecified atom stereocenters. The number of nitrogens with one attached hydrogen (secondary N) is 1. The molecule has 3 aromatic heterocycles. The topological polar surface area (TPSA) is 76.0 Å². The van der Waals surface area contributed by atoms with E-state index in [1.54, 1.807) is 17.8 Å². The fourth-order valence-corrected chi connectivity index (χ4v) is 4.56. The fourth-order valence-electron chi connectivity index (χ4n) is 4.56. The van der Waals surface area contributed by atoms with E-state index in [2.05, 4.69) is 26.0 Å². The molecule has 4 aromatic rings. The first-order chi connectivity index (χ1) is 15.5. The maximum atomic E-state index is 13.6. The molecule has 8 heteroatoms. The van der Waals surface area contributed by atoms with Crippen LogP contribution in [0.1, 0.15) is 35.0 Å². The Morgan fingerprint density at radius 1 is 1.34 bits per heavy atom. The summed E-state index contributed by atoms with van der Waals surface area (Å²) in [6.07, 6.45) is 6.48. The maximum absolute atomic E-state index is 13.6. The standard InChI is InChI=1S/C24H24FN5O2/c1-4-32-24(31)19-13-27-23-21(14(2)28-29(23)3)22(19)30-9-7-15(8-10-30)18-12-26-20-11-16(25)5-6-17(18)20/h5-7,11-13,26H,4,8-10H2,1-3H3. The van der Waals surface area contributed by atoms with Crippen LogP contribution in [0.3, 0.4) is 0 Å². The molecule has 0 radical (unpaired) electrons. The average molecular weight is 433 g/mol. The summed E-state index contributed by atoms with van der Waals surface area (Å²) in [5.41, 5.74) is 5.90. The van der Waals surface area contributed by atoms with Crippen molar-refractivity contribution < 1.29 is 13.9 Å². The van der Waals surface area contributed by atoms with Crippen molar-refractivity contribution in [2.45, 2.75) is 20.3 Å². The molecule has 1 aliphatic rings. The first-order valence-corrected chi connectivity index (χ1v) is 10.7. The second-order valence-electron chi connectivity index (χ2n) is 7.97. The minimum atomic E-state index is -0.381. The average Bonchev–Trinajstić information content (AvgIpc) is 3.33. The number of H-pyrrole nitrogens is 1. The number of halogens is 1. The number of rotatable bonds is 4. The number of esters is 1. The molecule has 0 amide bonds. The molecular formula is C24H24FN5O2. The van der Waals surface area contributed by atoms with Crippen LogP contribution in [0, 0.1) is 12.7 Å². The van der Waals surface area contributed by atoms with Crippen LogP contribution >= 0.6 is 0 Å². The van der Waals surface area contributed by atoms with Crippen molar-refractivity contribution in [2.75, 3.05) is 24.6 Å². The fraction of sp³-hybridized carbons (Fsp3) is 0.292. The zero-order valence-electron chi connectivity index (χ0n) is 18.3. The highest BCUT2D eigenvalue weighted by molar-refractivity contribution is 6.06. The third-order valence-electron chi connectivity index (χ3n) is 6.01. The van der Waals surface area contributed by atoms with Crippen LogP contribution in [0.25, 0.3) is 27.5 Å². The number of hydrogen-bond donors (Lipinski definition) is 1. The number of aromatic nitrogens is 4. The lowest BCUT2D eigenvalue weighted by Crippen LogP contribution is -2.30. The van der Waals surface area contributed by atoms with E-state index in [4.69, 9.17) is 4.74 Å². The van der Waals surface area contributed by atoms with Crippen molar-refractivity contribution in [3.8, 4) is 0 Å². The SMILES string of the molecule is CCOC(=O)c1cnc2c(c(C)nn2C)c1N1CC=C(c2c[nH]c3cc(F)ccc23)CC1. The highest BCUT2D eigenvalue weighted by Gasteiger charge is 2.26. The molecule has 0 atom stereocenters. The number of carbonyl (C=O) groups excluding carboxylic acids is 1. The van der Waals surface area contributed by atoms with Gasteiger partial charge >= 0.3 is 5.97 Å². The van der Waals surface area contributed by atoms with E-state index in [9.17, 15) is 9.18 Å². The summed E-state index contributed by atoms with van der Waals surface area (Å²) in [6.45, 7) is 5.37. The van der Waals surface area contributed by atoms with E-state index in [0.29, 0.717) is 18.7 Å². The lowest BCUT2D eigenvalue weighted by molar-refractivity contribution is 0.0527. The number of aryl methyl sites for hydroxylation is 2. The van der Waals surface area contributed by atoms with Crippen LogP contribution < -0.4 is 4.90 Å². The molecule has 1 aliphatic heterocycles. The van der Waals surface area contributed by atoms with E-state index in [-0.39, 0.29) is 11.8 Å². The Kier molecular flexibility index (Phi) is 4.92. The van der Waals surface area contributed by atoms with Gasteiger partial charge in [0.25, 0.3) is 0 Å². The van der Waals surface area contributed by atoms with E-state index in [1.165, 1.54) is 17.7 Å². The van der Waals surface area contributed by atoms with Crippen LogP contribution in [0.4, 0.5) is 10.1 Å². The van der Waals surface area contributed by atoms with Gasteiger partial charge in [0, 0.05) is 49.0 Å². The molecule has 7 nitrogen and oxygen atoms in total. The maximum Gasteiger partial charge on any atom is 0.341 e. The van der Waals surface area contributed by atoms with Crippen LogP contribution in [0.2, 0.25) is 0 Å². The van der Waals surface area contributed by atoms with Gasteiger partial charge in [0.1, 0.15) is 11.4 Å². The molecule has 1 aromatic carbocycles. The summed E-state index contributed by atoms with van der Waals surface area (Å²) >= 11 is 0.